The van der Waals surface area contributed by atoms with Gasteiger partial charge in [-0.1, -0.05) is 6.92 Å². The van der Waals surface area contributed by atoms with Crippen molar-refractivity contribution in [2.24, 2.45) is 0 Å². The summed E-state index contributed by atoms with van der Waals surface area (Å²) in [5, 5.41) is 3.63. The average Bonchev–Trinajstić information content (AvgIpc) is 2.78. The van der Waals surface area contributed by atoms with Gasteiger partial charge in [0.25, 0.3) is 0 Å². The van der Waals surface area contributed by atoms with Crippen LogP contribution in [0.3, 0.4) is 0 Å². The van der Waals surface area contributed by atoms with Gasteiger partial charge in [-0.3, -0.25) is 0 Å². The highest BCUT2D eigenvalue weighted by Crippen LogP contribution is 2.28. The summed E-state index contributed by atoms with van der Waals surface area (Å²) in [6.07, 6.45) is 8.51. The molecule has 2 heterocycles. The molecule has 3 atom stereocenters. The second-order valence-electron chi connectivity index (χ2n) is 5.16. The third kappa shape index (κ3) is 3.46. The molecular formula is C14H25NO2. The Balaban J connectivity index is 1.99. The van der Waals surface area contributed by atoms with Crippen LogP contribution in [0.5, 0.6) is 0 Å². The quantitative estimate of drug-likeness (QED) is 0.800. The minimum atomic E-state index is 0.337. The van der Waals surface area contributed by atoms with E-state index in [4.69, 9.17) is 9.47 Å². The van der Waals surface area contributed by atoms with Gasteiger partial charge in [-0.25, -0.2) is 0 Å². The zero-order valence-electron chi connectivity index (χ0n) is 11.1. The van der Waals surface area contributed by atoms with Gasteiger partial charge >= 0.3 is 0 Å². The Hall–Kier alpha value is -0.540. The van der Waals surface area contributed by atoms with Crippen molar-refractivity contribution < 1.29 is 9.47 Å². The molecule has 98 valence electrons. The summed E-state index contributed by atoms with van der Waals surface area (Å²) >= 11 is 0. The SMILES string of the molecule is CCCNC(C1=COCCC1)C1CCC(C)O1. The summed E-state index contributed by atoms with van der Waals surface area (Å²) in [7, 11) is 0. The molecule has 0 aromatic rings. The first kappa shape index (κ1) is 12.9. The lowest BCUT2D eigenvalue weighted by Gasteiger charge is -2.29. The zero-order chi connectivity index (χ0) is 12.1. The van der Waals surface area contributed by atoms with Crippen molar-refractivity contribution in [1.29, 1.82) is 0 Å². The second kappa shape index (κ2) is 6.41. The van der Waals surface area contributed by atoms with Gasteiger partial charge in [0.2, 0.25) is 0 Å². The number of rotatable bonds is 5. The molecule has 1 saturated heterocycles. The van der Waals surface area contributed by atoms with Crippen molar-refractivity contribution in [3.63, 3.8) is 0 Å². The Morgan fingerprint density at radius 1 is 1.47 bits per heavy atom. The first-order valence-corrected chi connectivity index (χ1v) is 7.00. The van der Waals surface area contributed by atoms with Gasteiger partial charge in [0.1, 0.15) is 0 Å². The number of ether oxygens (including phenoxy) is 2. The first-order chi connectivity index (χ1) is 8.31. The van der Waals surface area contributed by atoms with Crippen LogP contribution >= 0.6 is 0 Å². The van der Waals surface area contributed by atoms with Crippen LogP contribution in [0.4, 0.5) is 0 Å². The van der Waals surface area contributed by atoms with Gasteiger partial charge in [-0.05, 0) is 51.1 Å². The Bertz CT molecular complexity index is 265. The predicted octanol–water partition coefficient (Wildman–Crippen LogP) is 2.62. The topological polar surface area (TPSA) is 30.5 Å². The van der Waals surface area contributed by atoms with Gasteiger partial charge < -0.3 is 14.8 Å². The van der Waals surface area contributed by atoms with E-state index in [0.29, 0.717) is 18.2 Å². The third-order valence-electron chi connectivity index (χ3n) is 3.61. The number of hydrogen-bond donors (Lipinski definition) is 1. The third-order valence-corrected chi connectivity index (χ3v) is 3.61. The van der Waals surface area contributed by atoms with E-state index in [0.717, 1.165) is 32.4 Å². The fraction of sp³-hybridized carbons (Fsp3) is 0.857. The monoisotopic (exact) mass is 239 g/mol. The lowest BCUT2D eigenvalue weighted by Crippen LogP contribution is -2.42. The van der Waals surface area contributed by atoms with Crippen molar-refractivity contribution in [3.05, 3.63) is 11.8 Å². The van der Waals surface area contributed by atoms with E-state index in [1.165, 1.54) is 18.4 Å². The molecular weight excluding hydrogens is 214 g/mol. The van der Waals surface area contributed by atoms with Crippen LogP contribution in [0.2, 0.25) is 0 Å². The van der Waals surface area contributed by atoms with Crippen LogP contribution < -0.4 is 5.32 Å². The fourth-order valence-electron chi connectivity index (χ4n) is 2.69. The summed E-state index contributed by atoms with van der Waals surface area (Å²) < 4.78 is 11.5. The lowest BCUT2D eigenvalue weighted by molar-refractivity contribution is 0.0369. The van der Waals surface area contributed by atoms with Gasteiger partial charge in [-0.15, -0.1) is 0 Å². The maximum atomic E-state index is 6.01. The normalized spacial score (nSPS) is 30.8. The van der Waals surface area contributed by atoms with Crippen LogP contribution in [0.15, 0.2) is 11.8 Å². The van der Waals surface area contributed by atoms with Crippen LogP contribution in [0, 0.1) is 0 Å². The maximum absolute atomic E-state index is 6.01. The van der Waals surface area contributed by atoms with Crippen molar-refractivity contribution in [3.8, 4) is 0 Å². The molecule has 0 saturated carbocycles. The molecule has 0 aromatic carbocycles. The molecule has 17 heavy (non-hydrogen) atoms. The summed E-state index contributed by atoms with van der Waals surface area (Å²) in [6.45, 7) is 6.29. The van der Waals surface area contributed by atoms with E-state index in [2.05, 4.69) is 19.2 Å². The molecule has 1 fully saturated rings. The Kier molecular flexibility index (Phi) is 4.86. The highest BCUT2D eigenvalue weighted by atomic mass is 16.5. The minimum absolute atomic E-state index is 0.337. The van der Waals surface area contributed by atoms with Gasteiger partial charge in [0, 0.05) is 0 Å². The average molecular weight is 239 g/mol. The van der Waals surface area contributed by atoms with Crippen molar-refractivity contribution in [2.75, 3.05) is 13.2 Å². The molecule has 0 amide bonds. The van der Waals surface area contributed by atoms with E-state index in [1.54, 1.807) is 0 Å². The zero-order valence-corrected chi connectivity index (χ0v) is 11.1. The van der Waals surface area contributed by atoms with Crippen LogP contribution in [0.25, 0.3) is 0 Å². The number of nitrogens with one attached hydrogen (secondary N) is 1. The van der Waals surface area contributed by atoms with Gasteiger partial charge in [0.05, 0.1) is 31.1 Å². The standard InChI is InChI=1S/C14H25NO2/c1-3-8-15-14(12-5-4-9-16-10-12)13-7-6-11(2)17-13/h10-11,13-15H,3-9H2,1-2H3. The van der Waals surface area contributed by atoms with Crippen LogP contribution in [-0.2, 0) is 9.47 Å². The van der Waals surface area contributed by atoms with E-state index >= 15 is 0 Å². The molecule has 3 heteroatoms. The molecule has 0 radical (unpaired) electrons. The molecule has 0 bridgehead atoms. The molecule has 3 unspecified atom stereocenters. The maximum Gasteiger partial charge on any atom is 0.0876 e. The predicted molar refractivity (Wildman–Crippen MR) is 68.9 cm³/mol. The molecule has 0 aliphatic carbocycles. The fourth-order valence-corrected chi connectivity index (χ4v) is 2.69. The van der Waals surface area contributed by atoms with Crippen LogP contribution in [-0.4, -0.2) is 31.4 Å². The Morgan fingerprint density at radius 3 is 2.94 bits per heavy atom. The smallest absolute Gasteiger partial charge is 0.0876 e. The molecule has 2 aliphatic heterocycles. The highest BCUT2D eigenvalue weighted by molar-refractivity contribution is 5.13. The summed E-state index contributed by atoms with van der Waals surface area (Å²) in [5.74, 6) is 0. The summed E-state index contributed by atoms with van der Waals surface area (Å²) in [4.78, 5) is 0. The van der Waals surface area contributed by atoms with Crippen molar-refractivity contribution in [1.82, 2.24) is 5.32 Å². The Morgan fingerprint density at radius 2 is 2.35 bits per heavy atom. The van der Waals surface area contributed by atoms with E-state index in [9.17, 15) is 0 Å². The molecule has 3 nitrogen and oxygen atoms in total. The summed E-state index contributed by atoms with van der Waals surface area (Å²) in [5.41, 5.74) is 1.39. The van der Waals surface area contributed by atoms with Gasteiger partial charge in [-0.2, -0.15) is 0 Å². The molecule has 2 aliphatic rings. The van der Waals surface area contributed by atoms with E-state index in [1.807, 2.05) is 6.26 Å². The van der Waals surface area contributed by atoms with Gasteiger partial charge in [0.15, 0.2) is 0 Å². The van der Waals surface area contributed by atoms with E-state index < -0.39 is 0 Å². The molecule has 0 spiro atoms. The molecule has 0 aromatic heterocycles. The Labute approximate surface area is 105 Å². The van der Waals surface area contributed by atoms with Crippen molar-refractivity contribution in [2.45, 2.75) is 64.2 Å². The van der Waals surface area contributed by atoms with Crippen LogP contribution in [0.1, 0.15) is 46.0 Å². The first-order valence-electron chi connectivity index (χ1n) is 7.00. The molecule has 1 N–H and O–H groups in total. The summed E-state index contributed by atoms with van der Waals surface area (Å²) in [6, 6.07) is 0.361. The molecule has 2 rings (SSSR count). The minimum Gasteiger partial charge on any atom is -0.501 e. The van der Waals surface area contributed by atoms with E-state index in [-0.39, 0.29) is 0 Å². The van der Waals surface area contributed by atoms with Crippen molar-refractivity contribution >= 4 is 0 Å². The largest absolute Gasteiger partial charge is 0.501 e. The number of hydrogen-bond acceptors (Lipinski definition) is 3. The highest BCUT2D eigenvalue weighted by Gasteiger charge is 2.32. The lowest BCUT2D eigenvalue weighted by atomic mass is 9.95. The second-order valence-corrected chi connectivity index (χ2v) is 5.16.